The second-order valence-corrected chi connectivity index (χ2v) is 10.4. The Kier molecular flexibility index (Phi) is 12.9. The maximum Gasteiger partial charge on any atom is 0.326 e. The van der Waals surface area contributed by atoms with E-state index in [1.165, 1.54) is 11.8 Å². The number of hydrogen-bond acceptors (Lipinski definition) is 7. The normalized spacial score (nSPS) is 14.6. The van der Waals surface area contributed by atoms with Gasteiger partial charge in [0.1, 0.15) is 6.04 Å². The van der Waals surface area contributed by atoms with Crippen LogP contribution in [0.4, 0.5) is 0 Å². The largest absolute Gasteiger partial charge is 0.480 e. The zero-order valence-electron chi connectivity index (χ0n) is 22.0. The predicted molar refractivity (Wildman–Crippen MR) is 150 cm³/mol. The third-order valence-corrected chi connectivity index (χ3v) is 7.23. The van der Waals surface area contributed by atoms with Gasteiger partial charge >= 0.3 is 5.97 Å². The van der Waals surface area contributed by atoms with Crippen molar-refractivity contribution in [1.29, 1.82) is 0 Å². The van der Waals surface area contributed by atoms with E-state index in [-0.39, 0.29) is 36.9 Å². The van der Waals surface area contributed by atoms with Gasteiger partial charge in [-0.05, 0) is 40.7 Å². The van der Waals surface area contributed by atoms with Gasteiger partial charge in [-0.15, -0.1) is 0 Å². The number of nitrogens with one attached hydrogen (secondary N) is 2. The van der Waals surface area contributed by atoms with Crippen LogP contribution in [-0.4, -0.2) is 77.6 Å². The summed E-state index contributed by atoms with van der Waals surface area (Å²) in [6.45, 7) is 4.93. The summed E-state index contributed by atoms with van der Waals surface area (Å²) in [6, 6.07) is 12.0. The number of rotatable bonds is 16. The monoisotopic (exact) mass is 531 g/mol. The fraction of sp³-hybridized carbons (Fsp3) is 0.519. The lowest BCUT2D eigenvalue weighted by Gasteiger charge is -2.32. The predicted octanol–water partition coefficient (Wildman–Crippen LogP) is 1.78. The number of thioether (sulfide) groups is 1. The summed E-state index contributed by atoms with van der Waals surface area (Å²) < 4.78 is 0. The summed E-state index contributed by atoms with van der Waals surface area (Å²) >= 11 is 1.53. The lowest BCUT2D eigenvalue weighted by molar-refractivity contribution is -0.142. The van der Waals surface area contributed by atoms with Gasteiger partial charge in [0.15, 0.2) is 0 Å². The van der Waals surface area contributed by atoms with Crippen molar-refractivity contribution in [3.8, 4) is 0 Å². The van der Waals surface area contributed by atoms with E-state index < -0.39 is 18.1 Å². The lowest BCUT2D eigenvalue weighted by Crippen LogP contribution is -2.54. The number of aliphatic carboxylic acids is 1. The molecule has 0 heterocycles. The highest BCUT2D eigenvalue weighted by molar-refractivity contribution is 7.98. The summed E-state index contributed by atoms with van der Waals surface area (Å²) in [5.41, 5.74) is 12.5. The third-order valence-electron chi connectivity index (χ3n) is 6.59. The Morgan fingerprint density at radius 3 is 2.46 bits per heavy atom. The molecule has 0 fully saturated rings. The number of amides is 2. The smallest absolute Gasteiger partial charge is 0.326 e. The molecule has 0 aliphatic heterocycles. The molecular formula is C27H41N5O4S. The average Bonchev–Trinajstić information content (AvgIpc) is 2.89. The summed E-state index contributed by atoms with van der Waals surface area (Å²) in [5, 5.41) is 17.4. The molecular weight excluding hydrogens is 490 g/mol. The molecule has 0 bridgehead atoms. The molecule has 37 heavy (non-hydrogen) atoms. The Balaban J connectivity index is 2.31. The minimum Gasteiger partial charge on any atom is -0.480 e. The minimum absolute atomic E-state index is 0.0159. The molecule has 0 spiro atoms. The molecule has 0 saturated heterocycles. The number of hydrogen-bond donors (Lipinski definition) is 5. The van der Waals surface area contributed by atoms with Gasteiger partial charge in [-0.3, -0.25) is 14.5 Å². The van der Waals surface area contributed by atoms with Crippen LogP contribution in [0.15, 0.2) is 42.5 Å². The highest BCUT2D eigenvalue weighted by Gasteiger charge is 2.26. The van der Waals surface area contributed by atoms with Crippen LogP contribution in [-0.2, 0) is 20.9 Å². The van der Waals surface area contributed by atoms with E-state index in [1.807, 2.05) is 67.5 Å². The highest BCUT2D eigenvalue weighted by atomic mass is 32.2. The van der Waals surface area contributed by atoms with Gasteiger partial charge in [0, 0.05) is 25.7 Å². The molecule has 0 aromatic heterocycles. The molecule has 9 nitrogen and oxygen atoms in total. The van der Waals surface area contributed by atoms with Crippen molar-refractivity contribution in [2.75, 3.05) is 31.6 Å². The van der Waals surface area contributed by atoms with E-state index in [9.17, 15) is 19.5 Å². The van der Waals surface area contributed by atoms with E-state index in [1.54, 1.807) is 0 Å². The van der Waals surface area contributed by atoms with Gasteiger partial charge in [-0.1, -0.05) is 62.7 Å². The molecule has 0 aliphatic rings. The van der Waals surface area contributed by atoms with E-state index in [4.69, 9.17) is 11.5 Å². The number of nitrogens with two attached hydrogens (primary N) is 2. The molecule has 0 unspecified atom stereocenters. The maximum absolute atomic E-state index is 13.0. The number of carboxylic acids is 1. The second-order valence-electron chi connectivity index (χ2n) is 9.39. The first kappa shape index (κ1) is 30.6. The zero-order valence-corrected chi connectivity index (χ0v) is 22.8. The van der Waals surface area contributed by atoms with Gasteiger partial charge in [0.05, 0.1) is 12.6 Å². The van der Waals surface area contributed by atoms with Crippen LogP contribution in [0.2, 0.25) is 0 Å². The van der Waals surface area contributed by atoms with Crippen molar-refractivity contribution in [3.05, 3.63) is 48.0 Å². The van der Waals surface area contributed by atoms with E-state index in [2.05, 4.69) is 10.6 Å². The number of nitrogens with zero attached hydrogens (tertiary/aromatic N) is 1. The Bertz CT molecular complexity index is 1030. The molecule has 2 rings (SSSR count). The Hall–Kier alpha value is -2.66. The third kappa shape index (κ3) is 9.62. The van der Waals surface area contributed by atoms with Gasteiger partial charge in [0.25, 0.3) is 0 Å². The minimum atomic E-state index is -1.05. The van der Waals surface area contributed by atoms with E-state index in [0.29, 0.717) is 25.3 Å². The highest BCUT2D eigenvalue weighted by Crippen LogP contribution is 2.21. The Morgan fingerprint density at radius 2 is 1.81 bits per heavy atom. The van der Waals surface area contributed by atoms with Crippen LogP contribution in [0.25, 0.3) is 10.8 Å². The quantitative estimate of drug-likeness (QED) is 0.220. The van der Waals surface area contributed by atoms with Crippen molar-refractivity contribution in [3.63, 3.8) is 0 Å². The average molecular weight is 532 g/mol. The van der Waals surface area contributed by atoms with Crippen LogP contribution < -0.4 is 22.1 Å². The standard InChI is InChI=1S/C27H41N5O4S/c1-4-18(2)24(31-26(34)22(29)14-28)16-32(17-25(33)30-23(27(35)36)12-13-37-3)15-20-10-7-9-19-8-5-6-11-21(19)20/h5-11,18,22-24H,4,12-17,28-29H2,1-3H3,(H,30,33)(H,31,34)(H,35,36)/t18-,22-,23-,24+/m0/s1. The fourth-order valence-corrected chi connectivity index (χ4v) is 4.59. The fourth-order valence-electron chi connectivity index (χ4n) is 4.12. The molecule has 10 heteroatoms. The summed E-state index contributed by atoms with van der Waals surface area (Å²) in [7, 11) is 0. The molecule has 2 aromatic carbocycles. The Labute approximate surface area is 223 Å². The van der Waals surface area contributed by atoms with Crippen LogP contribution in [0.1, 0.15) is 32.3 Å². The summed E-state index contributed by atoms with van der Waals surface area (Å²) in [5.74, 6) is -1.02. The summed E-state index contributed by atoms with van der Waals surface area (Å²) in [6.07, 6.45) is 3.05. The molecule has 0 aliphatic carbocycles. The zero-order chi connectivity index (χ0) is 27.4. The SMILES string of the molecule is CC[C@H](C)[C@@H](CN(CC(=O)N[C@@H](CCSC)C(=O)O)Cc1cccc2ccccc12)NC(=O)[C@@H](N)CN. The maximum atomic E-state index is 13.0. The number of carbonyl (C=O) groups is 3. The molecule has 204 valence electrons. The van der Waals surface area contributed by atoms with Crippen LogP contribution in [0.3, 0.4) is 0 Å². The van der Waals surface area contributed by atoms with Gasteiger partial charge in [-0.25, -0.2) is 4.79 Å². The van der Waals surface area contributed by atoms with E-state index in [0.717, 1.165) is 22.8 Å². The molecule has 2 amide bonds. The first-order valence-corrected chi connectivity index (χ1v) is 14.1. The summed E-state index contributed by atoms with van der Waals surface area (Å²) in [4.78, 5) is 39.2. The lowest BCUT2D eigenvalue weighted by atomic mass is 9.97. The van der Waals surface area contributed by atoms with Crippen molar-refractivity contribution in [2.24, 2.45) is 17.4 Å². The van der Waals surface area contributed by atoms with Crippen molar-refractivity contribution < 1.29 is 19.5 Å². The van der Waals surface area contributed by atoms with Crippen LogP contribution in [0.5, 0.6) is 0 Å². The number of fused-ring (bicyclic) bond motifs is 1. The topological polar surface area (TPSA) is 151 Å². The van der Waals surface area contributed by atoms with Crippen molar-refractivity contribution in [1.82, 2.24) is 15.5 Å². The van der Waals surface area contributed by atoms with E-state index >= 15 is 0 Å². The molecule has 7 N–H and O–H groups in total. The number of carboxylic acid groups (broad SMARTS) is 1. The molecule has 0 saturated carbocycles. The molecule has 4 atom stereocenters. The number of carbonyl (C=O) groups excluding carboxylic acids is 2. The van der Waals surface area contributed by atoms with Gasteiger partial charge in [-0.2, -0.15) is 11.8 Å². The molecule has 0 radical (unpaired) electrons. The second kappa shape index (κ2) is 15.6. The van der Waals surface area contributed by atoms with Crippen molar-refractivity contribution in [2.45, 2.75) is 51.4 Å². The first-order valence-electron chi connectivity index (χ1n) is 12.7. The van der Waals surface area contributed by atoms with Gasteiger partial charge < -0.3 is 27.2 Å². The number of benzene rings is 2. The Morgan fingerprint density at radius 1 is 1.11 bits per heavy atom. The van der Waals surface area contributed by atoms with Crippen LogP contribution in [0, 0.1) is 5.92 Å². The van der Waals surface area contributed by atoms with Crippen LogP contribution >= 0.6 is 11.8 Å². The van der Waals surface area contributed by atoms with Gasteiger partial charge in [0.2, 0.25) is 11.8 Å². The first-order chi connectivity index (χ1) is 17.7. The molecule has 2 aromatic rings. The van der Waals surface area contributed by atoms with Crippen molar-refractivity contribution >= 4 is 40.3 Å².